The maximum absolute atomic E-state index is 12.2. The van der Waals surface area contributed by atoms with Crippen molar-refractivity contribution in [1.29, 1.82) is 0 Å². The van der Waals surface area contributed by atoms with Crippen molar-refractivity contribution in [3.63, 3.8) is 0 Å². The minimum atomic E-state index is -0.351. The first kappa shape index (κ1) is 15.1. The van der Waals surface area contributed by atoms with Gasteiger partial charge in [-0.2, -0.15) is 0 Å². The van der Waals surface area contributed by atoms with E-state index in [1.54, 1.807) is 16.8 Å². The number of nitrogens with zero attached hydrogens (tertiary/aromatic N) is 3. The SMILES string of the molecule is CC(C)n1cc(Cl)cc1C(=O)Nc1cc(Cl)nc(Cl)n1. The summed E-state index contributed by atoms with van der Waals surface area (Å²) in [5, 5.41) is 3.21. The third-order valence-corrected chi connectivity index (χ3v) is 3.08. The van der Waals surface area contributed by atoms with Gasteiger partial charge in [0, 0.05) is 18.3 Å². The van der Waals surface area contributed by atoms with E-state index in [4.69, 9.17) is 34.8 Å². The molecule has 0 aromatic carbocycles. The fourth-order valence-electron chi connectivity index (χ4n) is 1.69. The molecule has 20 heavy (non-hydrogen) atoms. The van der Waals surface area contributed by atoms with Crippen LogP contribution in [0.3, 0.4) is 0 Å². The Labute approximate surface area is 130 Å². The highest BCUT2D eigenvalue weighted by Gasteiger charge is 2.16. The Balaban J connectivity index is 2.28. The summed E-state index contributed by atoms with van der Waals surface area (Å²) in [5.74, 6) is -0.121. The quantitative estimate of drug-likeness (QED) is 0.680. The first-order valence-corrected chi connectivity index (χ1v) is 6.89. The zero-order valence-corrected chi connectivity index (χ0v) is 13.0. The van der Waals surface area contributed by atoms with Crippen LogP contribution in [0.2, 0.25) is 15.5 Å². The van der Waals surface area contributed by atoms with Gasteiger partial charge in [-0.15, -0.1) is 0 Å². The van der Waals surface area contributed by atoms with Gasteiger partial charge in [0.25, 0.3) is 5.91 Å². The van der Waals surface area contributed by atoms with Crippen molar-refractivity contribution in [1.82, 2.24) is 14.5 Å². The number of amides is 1. The molecule has 0 fully saturated rings. The van der Waals surface area contributed by atoms with Gasteiger partial charge in [-0.05, 0) is 31.5 Å². The van der Waals surface area contributed by atoms with Crippen LogP contribution in [-0.2, 0) is 0 Å². The van der Waals surface area contributed by atoms with E-state index in [9.17, 15) is 4.79 Å². The summed E-state index contributed by atoms with van der Waals surface area (Å²) in [6.07, 6.45) is 1.70. The first-order chi connectivity index (χ1) is 9.36. The van der Waals surface area contributed by atoms with E-state index in [1.807, 2.05) is 13.8 Å². The summed E-state index contributed by atoms with van der Waals surface area (Å²) in [4.78, 5) is 19.8. The van der Waals surface area contributed by atoms with E-state index in [0.717, 1.165) is 0 Å². The van der Waals surface area contributed by atoms with Crippen LogP contribution < -0.4 is 5.32 Å². The number of anilines is 1. The maximum Gasteiger partial charge on any atom is 0.273 e. The molecule has 0 saturated heterocycles. The van der Waals surface area contributed by atoms with Gasteiger partial charge in [-0.25, -0.2) is 9.97 Å². The summed E-state index contributed by atoms with van der Waals surface area (Å²) in [6, 6.07) is 3.09. The van der Waals surface area contributed by atoms with Crippen LogP contribution in [0, 0.1) is 0 Å². The van der Waals surface area contributed by atoms with Crippen LogP contribution in [0.4, 0.5) is 5.82 Å². The lowest BCUT2D eigenvalue weighted by Gasteiger charge is -2.12. The van der Waals surface area contributed by atoms with Gasteiger partial charge in [0.2, 0.25) is 5.28 Å². The van der Waals surface area contributed by atoms with E-state index in [0.29, 0.717) is 10.7 Å². The van der Waals surface area contributed by atoms with Crippen molar-refractivity contribution in [2.45, 2.75) is 19.9 Å². The predicted octanol–water partition coefficient (Wildman–Crippen LogP) is 4.07. The monoisotopic (exact) mass is 332 g/mol. The van der Waals surface area contributed by atoms with Crippen LogP contribution in [0.25, 0.3) is 0 Å². The summed E-state index contributed by atoms with van der Waals surface area (Å²) in [7, 11) is 0. The zero-order valence-electron chi connectivity index (χ0n) is 10.7. The number of nitrogens with one attached hydrogen (secondary N) is 1. The minimum Gasteiger partial charge on any atom is -0.339 e. The van der Waals surface area contributed by atoms with E-state index < -0.39 is 0 Å². The molecule has 2 rings (SSSR count). The predicted molar refractivity (Wildman–Crippen MR) is 79.8 cm³/mol. The summed E-state index contributed by atoms with van der Waals surface area (Å²) in [5.41, 5.74) is 0.427. The zero-order chi connectivity index (χ0) is 14.9. The summed E-state index contributed by atoms with van der Waals surface area (Å²) < 4.78 is 1.77. The maximum atomic E-state index is 12.2. The summed E-state index contributed by atoms with van der Waals surface area (Å²) >= 11 is 17.4. The average Bonchev–Trinajstić information content (AvgIpc) is 2.70. The molecule has 106 valence electrons. The van der Waals surface area contributed by atoms with Crippen molar-refractivity contribution in [2.75, 3.05) is 5.32 Å². The summed E-state index contributed by atoms with van der Waals surface area (Å²) in [6.45, 7) is 3.90. The smallest absolute Gasteiger partial charge is 0.273 e. The lowest BCUT2D eigenvalue weighted by atomic mass is 10.3. The van der Waals surface area contributed by atoms with Gasteiger partial charge in [-0.3, -0.25) is 4.79 Å². The molecule has 2 heterocycles. The van der Waals surface area contributed by atoms with Gasteiger partial charge in [-0.1, -0.05) is 23.2 Å². The molecule has 0 aliphatic rings. The molecule has 2 aromatic rings. The molecule has 0 atom stereocenters. The van der Waals surface area contributed by atoms with Crippen LogP contribution in [-0.4, -0.2) is 20.4 Å². The molecule has 0 aliphatic heterocycles. The Bertz CT molecular complexity index is 634. The number of hydrogen-bond acceptors (Lipinski definition) is 3. The minimum absolute atomic E-state index is 0.0370. The van der Waals surface area contributed by atoms with E-state index in [-0.39, 0.29) is 28.2 Å². The van der Waals surface area contributed by atoms with E-state index >= 15 is 0 Å². The standard InChI is InChI=1S/C12H11Cl3N4O/c1-6(2)19-5-7(13)3-8(19)11(20)17-10-4-9(14)16-12(15)18-10/h3-6H,1-2H3,(H,16,17,18,20). The highest BCUT2D eigenvalue weighted by Crippen LogP contribution is 2.21. The first-order valence-electron chi connectivity index (χ1n) is 5.75. The molecule has 1 N–H and O–H groups in total. The van der Waals surface area contributed by atoms with Gasteiger partial charge >= 0.3 is 0 Å². The molecule has 0 bridgehead atoms. The Morgan fingerprint density at radius 2 is 1.95 bits per heavy atom. The second kappa shape index (κ2) is 5.99. The van der Waals surface area contributed by atoms with Crippen molar-refractivity contribution in [3.05, 3.63) is 39.5 Å². The lowest BCUT2D eigenvalue weighted by Crippen LogP contribution is -2.18. The Kier molecular flexibility index (Phi) is 4.52. The van der Waals surface area contributed by atoms with Gasteiger partial charge < -0.3 is 9.88 Å². The van der Waals surface area contributed by atoms with E-state index in [1.165, 1.54) is 6.07 Å². The van der Waals surface area contributed by atoms with Crippen molar-refractivity contribution >= 4 is 46.5 Å². The third kappa shape index (κ3) is 3.42. The van der Waals surface area contributed by atoms with Gasteiger partial charge in [0.15, 0.2) is 0 Å². The van der Waals surface area contributed by atoms with E-state index in [2.05, 4.69) is 15.3 Å². The second-order valence-corrected chi connectivity index (χ2v) is 5.51. The number of carbonyl (C=O) groups excluding carboxylic acids is 1. The molecule has 1 amide bonds. The number of carbonyl (C=O) groups is 1. The normalized spacial score (nSPS) is 10.9. The van der Waals surface area contributed by atoms with Crippen LogP contribution in [0.1, 0.15) is 30.4 Å². The Hall–Kier alpha value is -1.30. The molecular formula is C12H11Cl3N4O. The van der Waals surface area contributed by atoms with Crippen LogP contribution in [0.5, 0.6) is 0 Å². The highest BCUT2D eigenvalue weighted by atomic mass is 35.5. The van der Waals surface area contributed by atoms with Gasteiger partial charge in [0.1, 0.15) is 16.7 Å². The molecule has 0 radical (unpaired) electrons. The fourth-order valence-corrected chi connectivity index (χ4v) is 2.31. The number of rotatable bonds is 3. The van der Waals surface area contributed by atoms with Gasteiger partial charge in [0.05, 0.1) is 5.02 Å². The number of halogens is 3. The average molecular weight is 334 g/mol. The highest BCUT2D eigenvalue weighted by molar-refractivity contribution is 6.32. The largest absolute Gasteiger partial charge is 0.339 e. The molecule has 0 saturated carbocycles. The van der Waals surface area contributed by atoms with Crippen LogP contribution >= 0.6 is 34.8 Å². The van der Waals surface area contributed by atoms with Crippen molar-refractivity contribution in [2.24, 2.45) is 0 Å². The van der Waals surface area contributed by atoms with Crippen molar-refractivity contribution in [3.8, 4) is 0 Å². The third-order valence-electron chi connectivity index (χ3n) is 2.51. The fraction of sp³-hybridized carbons (Fsp3) is 0.250. The molecule has 8 heteroatoms. The number of hydrogen-bond donors (Lipinski definition) is 1. The molecular weight excluding hydrogens is 323 g/mol. The molecule has 0 aliphatic carbocycles. The lowest BCUT2D eigenvalue weighted by molar-refractivity contribution is 0.101. The van der Waals surface area contributed by atoms with Crippen LogP contribution in [0.15, 0.2) is 18.3 Å². The molecule has 0 spiro atoms. The van der Waals surface area contributed by atoms with Crippen molar-refractivity contribution < 1.29 is 4.79 Å². The Morgan fingerprint density at radius 3 is 2.55 bits per heavy atom. The molecule has 0 unspecified atom stereocenters. The topological polar surface area (TPSA) is 59.8 Å². The second-order valence-electron chi connectivity index (χ2n) is 4.34. The molecule has 2 aromatic heterocycles. The molecule has 5 nitrogen and oxygen atoms in total. The number of aromatic nitrogens is 3. The Morgan fingerprint density at radius 1 is 1.25 bits per heavy atom.